The lowest BCUT2D eigenvalue weighted by Crippen LogP contribution is -2.31. The van der Waals surface area contributed by atoms with E-state index >= 15 is 0 Å². The summed E-state index contributed by atoms with van der Waals surface area (Å²) in [6.07, 6.45) is 4.64. The molecule has 1 aliphatic carbocycles. The zero-order valence-electron chi connectivity index (χ0n) is 13.1. The number of amides is 1. The van der Waals surface area contributed by atoms with E-state index in [9.17, 15) is 14.9 Å². The van der Waals surface area contributed by atoms with Crippen molar-refractivity contribution in [1.82, 2.24) is 15.1 Å². The Hall–Kier alpha value is -2.70. The monoisotopic (exact) mass is 314 g/mol. The van der Waals surface area contributed by atoms with Gasteiger partial charge in [-0.05, 0) is 38.3 Å². The summed E-state index contributed by atoms with van der Waals surface area (Å²) >= 11 is 0. The van der Waals surface area contributed by atoms with Crippen molar-refractivity contribution in [3.63, 3.8) is 0 Å². The first-order valence-electron chi connectivity index (χ1n) is 7.54. The van der Waals surface area contributed by atoms with Crippen LogP contribution in [0, 0.1) is 17.0 Å². The number of hydrogen-bond donors (Lipinski definition) is 1. The average Bonchev–Trinajstić information content (AvgIpc) is 2.89. The molecule has 0 bridgehead atoms. The van der Waals surface area contributed by atoms with Crippen LogP contribution in [0.3, 0.4) is 0 Å². The van der Waals surface area contributed by atoms with Crippen LogP contribution < -0.4 is 5.32 Å². The molecule has 1 unspecified atom stereocenters. The number of carbonyl (C=O) groups excluding carboxylic acids is 1. The van der Waals surface area contributed by atoms with Crippen LogP contribution in [0.5, 0.6) is 0 Å². The van der Waals surface area contributed by atoms with Gasteiger partial charge in [-0.1, -0.05) is 0 Å². The van der Waals surface area contributed by atoms with Crippen molar-refractivity contribution in [1.29, 1.82) is 0 Å². The third-order valence-electron chi connectivity index (χ3n) is 4.34. The van der Waals surface area contributed by atoms with Crippen molar-refractivity contribution in [2.45, 2.75) is 32.2 Å². The Kier molecular flexibility index (Phi) is 3.85. The van der Waals surface area contributed by atoms with Crippen LogP contribution in [-0.2, 0) is 13.5 Å². The molecule has 1 heterocycles. The fraction of sp³-hybridized carbons (Fsp3) is 0.375. The summed E-state index contributed by atoms with van der Waals surface area (Å²) in [6, 6.07) is 4.37. The first-order valence-corrected chi connectivity index (χ1v) is 7.54. The van der Waals surface area contributed by atoms with Gasteiger partial charge in [-0.2, -0.15) is 5.10 Å². The molecule has 7 nitrogen and oxygen atoms in total. The van der Waals surface area contributed by atoms with E-state index in [2.05, 4.69) is 10.4 Å². The van der Waals surface area contributed by atoms with Crippen molar-refractivity contribution >= 4 is 11.6 Å². The van der Waals surface area contributed by atoms with Gasteiger partial charge in [0.05, 0.1) is 17.2 Å². The Morgan fingerprint density at radius 2 is 2.26 bits per heavy atom. The van der Waals surface area contributed by atoms with Crippen LogP contribution in [0.4, 0.5) is 5.69 Å². The first-order chi connectivity index (χ1) is 11.0. The maximum absolute atomic E-state index is 12.5. The summed E-state index contributed by atoms with van der Waals surface area (Å²) in [5.74, 6) is -0.218. The number of fused-ring (bicyclic) bond motifs is 1. The van der Waals surface area contributed by atoms with Gasteiger partial charge in [0.15, 0.2) is 0 Å². The fourth-order valence-corrected chi connectivity index (χ4v) is 3.10. The molecule has 7 heteroatoms. The largest absolute Gasteiger partial charge is 0.345 e. The minimum atomic E-state index is -0.444. The number of aromatic nitrogens is 2. The van der Waals surface area contributed by atoms with E-state index in [1.165, 1.54) is 12.1 Å². The van der Waals surface area contributed by atoms with Crippen LogP contribution in [-0.4, -0.2) is 20.6 Å². The summed E-state index contributed by atoms with van der Waals surface area (Å²) in [5, 5.41) is 18.1. The number of rotatable bonds is 3. The molecule has 1 aromatic heterocycles. The second-order valence-electron chi connectivity index (χ2n) is 5.85. The Bertz CT molecular complexity index is 782. The molecule has 0 aliphatic heterocycles. The highest BCUT2D eigenvalue weighted by Crippen LogP contribution is 2.29. The van der Waals surface area contributed by atoms with Gasteiger partial charge < -0.3 is 5.32 Å². The van der Waals surface area contributed by atoms with Crippen LogP contribution in [0.2, 0.25) is 0 Å². The molecule has 1 atom stereocenters. The Balaban J connectivity index is 1.80. The van der Waals surface area contributed by atoms with Crippen LogP contribution in [0.15, 0.2) is 24.4 Å². The molecule has 0 saturated heterocycles. The Labute approximate surface area is 133 Å². The smallest absolute Gasteiger partial charge is 0.272 e. The fourth-order valence-electron chi connectivity index (χ4n) is 3.10. The Morgan fingerprint density at radius 1 is 1.48 bits per heavy atom. The zero-order valence-corrected chi connectivity index (χ0v) is 13.1. The van der Waals surface area contributed by atoms with Gasteiger partial charge in [0.2, 0.25) is 0 Å². The van der Waals surface area contributed by atoms with Crippen molar-refractivity contribution < 1.29 is 9.72 Å². The minimum absolute atomic E-state index is 0.0220. The summed E-state index contributed by atoms with van der Waals surface area (Å²) in [7, 11) is 1.91. The zero-order chi connectivity index (χ0) is 16.6. The van der Waals surface area contributed by atoms with Crippen LogP contribution >= 0.6 is 0 Å². The first kappa shape index (κ1) is 15.2. The van der Waals surface area contributed by atoms with E-state index in [1.807, 2.05) is 11.7 Å². The number of nitro groups is 1. The van der Waals surface area contributed by atoms with Crippen LogP contribution in [0.25, 0.3) is 0 Å². The lowest BCUT2D eigenvalue weighted by molar-refractivity contribution is -0.385. The van der Waals surface area contributed by atoms with Crippen molar-refractivity contribution in [2.75, 3.05) is 0 Å². The number of nitrogens with one attached hydrogen (secondary N) is 1. The average molecular weight is 314 g/mol. The van der Waals surface area contributed by atoms with Gasteiger partial charge in [-0.15, -0.1) is 0 Å². The maximum atomic E-state index is 12.5. The normalized spacial score (nSPS) is 16.7. The van der Waals surface area contributed by atoms with Gasteiger partial charge in [-0.25, -0.2) is 0 Å². The van der Waals surface area contributed by atoms with Crippen molar-refractivity contribution in [3.05, 3.63) is 56.9 Å². The van der Waals surface area contributed by atoms with Crippen molar-refractivity contribution in [3.8, 4) is 0 Å². The molecule has 3 rings (SSSR count). The SMILES string of the molecule is Cc1cc(C(=O)NC2CCCc3c2cnn3C)ccc1[N+](=O)[O-]. The second kappa shape index (κ2) is 5.83. The maximum Gasteiger partial charge on any atom is 0.272 e. The quantitative estimate of drug-likeness (QED) is 0.696. The number of nitro benzene ring substituents is 1. The summed E-state index contributed by atoms with van der Waals surface area (Å²) in [4.78, 5) is 22.9. The molecule has 120 valence electrons. The number of benzene rings is 1. The van der Waals surface area contributed by atoms with E-state index in [0.29, 0.717) is 11.1 Å². The Morgan fingerprint density at radius 3 is 2.96 bits per heavy atom. The standard InChI is InChI=1S/C16H18N4O3/c1-10-8-11(6-7-14(10)20(22)23)16(21)18-13-4-3-5-15-12(13)9-17-19(15)2/h6-9,13H,3-5H2,1-2H3,(H,18,21). The van der Waals surface area contributed by atoms with Gasteiger partial charge in [0.1, 0.15) is 0 Å². The van der Waals surface area contributed by atoms with E-state index < -0.39 is 4.92 Å². The third kappa shape index (κ3) is 2.81. The molecule has 23 heavy (non-hydrogen) atoms. The summed E-state index contributed by atoms with van der Waals surface area (Å²) < 4.78 is 1.85. The summed E-state index contributed by atoms with van der Waals surface area (Å²) in [6.45, 7) is 1.63. The molecule has 1 amide bonds. The molecular weight excluding hydrogens is 296 g/mol. The molecule has 0 fully saturated rings. The molecule has 0 saturated carbocycles. The van der Waals surface area contributed by atoms with Crippen molar-refractivity contribution in [2.24, 2.45) is 7.05 Å². The van der Waals surface area contributed by atoms with Gasteiger partial charge in [0.25, 0.3) is 11.6 Å². The highest BCUT2D eigenvalue weighted by molar-refractivity contribution is 5.95. The van der Waals surface area contributed by atoms with Gasteiger partial charge in [-0.3, -0.25) is 19.6 Å². The highest BCUT2D eigenvalue weighted by atomic mass is 16.6. The van der Waals surface area contributed by atoms with Gasteiger partial charge in [0, 0.05) is 35.5 Å². The predicted molar refractivity (Wildman–Crippen MR) is 84.2 cm³/mol. The molecule has 2 aromatic rings. The number of nitrogens with zero attached hydrogens (tertiary/aromatic N) is 3. The van der Waals surface area contributed by atoms with Crippen LogP contribution in [0.1, 0.15) is 46.1 Å². The molecule has 1 aliphatic rings. The van der Waals surface area contributed by atoms with E-state index in [1.54, 1.807) is 19.2 Å². The second-order valence-corrected chi connectivity index (χ2v) is 5.85. The lowest BCUT2D eigenvalue weighted by atomic mass is 9.92. The van der Waals surface area contributed by atoms with E-state index in [-0.39, 0.29) is 17.6 Å². The molecule has 1 N–H and O–H groups in total. The van der Waals surface area contributed by atoms with Gasteiger partial charge >= 0.3 is 0 Å². The number of hydrogen-bond acceptors (Lipinski definition) is 4. The molecule has 0 spiro atoms. The number of aryl methyl sites for hydroxylation is 2. The third-order valence-corrected chi connectivity index (χ3v) is 4.34. The van der Waals surface area contributed by atoms with E-state index in [0.717, 1.165) is 30.5 Å². The minimum Gasteiger partial charge on any atom is -0.345 e. The van der Waals surface area contributed by atoms with E-state index in [4.69, 9.17) is 0 Å². The summed E-state index contributed by atoms with van der Waals surface area (Å²) in [5.41, 5.74) is 3.15. The number of carbonyl (C=O) groups is 1. The topological polar surface area (TPSA) is 90.1 Å². The molecule has 0 radical (unpaired) electrons. The predicted octanol–water partition coefficient (Wildman–Crippen LogP) is 2.44. The lowest BCUT2D eigenvalue weighted by Gasteiger charge is -2.23. The molecule has 1 aromatic carbocycles. The molecular formula is C16H18N4O3. The highest BCUT2D eigenvalue weighted by Gasteiger charge is 2.25.